The maximum Gasteiger partial charge on any atom is 0.233 e. The first-order valence-corrected chi connectivity index (χ1v) is 7.34. The molecule has 0 radical (unpaired) electrons. The van der Waals surface area contributed by atoms with E-state index in [1.54, 1.807) is 0 Å². The molecule has 1 aromatic heterocycles. The van der Waals surface area contributed by atoms with Gasteiger partial charge in [0.2, 0.25) is 5.91 Å². The van der Waals surface area contributed by atoms with Crippen molar-refractivity contribution in [1.82, 2.24) is 20.0 Å². The second-order valence-corrected chi connectivity index (χ2v) is 6.46. The number of nitrogens with zero attached hydrogens (tertiary/aromatic N) is 4. The maximum absolute atomic E-state index is 11.9. The number of hydrogen-bond acceptors (Lipinski definition) is 6. The Balaban J connectivity index is 1.77. The number of amides is 1. The number of aryl methyl sites for hydroxylation is 1. The Bertz CT molecular complexity index is 387. The Kier molecular flexibility index (Phi) is 4.36. The third-order valence-electron chi connectivity index (χ3n) is 2.68. The van der Waals surface area contributed by atoms with Crippen molar-refractivity contribution >= 4 is 29.0 Å². The molecule has 1 amide bonds. The smallest absolute Gasteiger partial charge is 0.233 e. The average Bonchev–Trinajstić information content (AvgIpc) is 2.73. The van der Waals surface area contributed by atoms with E-state index in [2.05, 4.69) is 22.1 Å². The van der Waals surface area contributed by atoms with E-state index in [-0.39, 0.29) is 5.91 Å². The summed E-state index contributed by atoms with van der Waals surface area (Å²) < 4.78 is 0.880. The molecule has 0 aliphatic carbocycles. The van der Waals surface area contributed by atoms with Gasteiger partial charge in [0.1, 0.15) is 5.01 Å². The normalized spacial score (nSPS) is 17.4. The zero-order valence-corrected chi connectivity index (χ0v) is 11.7. The molecule has 17 heavy (non-hydrogen) atoms. The Morgan fingerprint density at radius 2 is 2.06 bits per heavy atom. The molecule has 0 spiro atoms. The van der Waals surface area contributed by atoms with Crippen LogP contribution < -0.4 is 0 Å². The molecule has 1 aromatic rings. The van der Waals surface area contributed by atoms with E-state index in [4.69, 9.17) is 0 Å². The third-order valence-corrected chi connectivity index (χ3v) is 4.64. The summed E-state index contributed by atoms with van der Waals surface area (Å²) in [6.45, 7) is 5.53. The summed E-state index contributed by atoms with van der Waals surface area (Å²) in [5.74, 6) is 0.675. The second-order valence-electron chi connectivity index (χ2n) is 4.06. The minimum absolute atomic E-state index is 0.205. The number of aromatic nitrogens is 2. The summed E-state index contributed by atoms with van der Waals surface area (Å²) in [7, 11) is 2.08. The molecular weight excluding hydrogens is 256 g/mol. The van der Waals surface area contributed by atoms with E-state index in [0.717, 1.165) is 35.5 Å². The highest BCUT2D eigenvalue weighted by Gasteiger charge is 2.19. The van der Waals surface area contributed by atoms with Gasteiger partial charge in [0, 0.05) is 26.2 Å². The maximum atomic E-state index is 11.9. The first-order chi connectivity index (χ1) is 8.15. The van der Waals surface area contributed by atoms with Gasteiger partial charge in [-0.15, -0.1) is 10.2 Å². The molecule has 0 bridgehead atoms. The number of piperazine rings is 1. The summed E-state index contributed by atoms with van der Waals surface area (Å²) in [4.78, 5) is 16.1. The number of rotatable bonds is 3. The van der Waals surface area contributed by atoms with Crippen LogP contribution in [0.15, 0.2) is 4.34 Å². The lowest BCUT2D eigenvalue weighted by Gasteiger charge is -2.32. The van der Waals surface area contributed by atoms with Crippen molar-refractivity contribution in [1.29, 1.82) is 0 Å². The molecule has 5 nitrogen and oxygen atoms in total. The van der Waals surface area contributed by atoms with Crippen LogP contribution in [0, 0.1) is 6.92 Å². The number of thioether (sulfide) groups is 1. The van der Waals surface area contributed by atoms with Gasteiger partial charge in [-0.3, -0.25) is 4.79 Å². The van der Waals surface area contributed by atoms with Gasteiger partial charge in [0.25, 0.3) is 0 Å². The summed E-state index contributed by atoms with van der Waals surface area (Å²) in [6.07, 6.45) is 0. The van der Waals surface area contributed by atoms with Crippen molar-refractivity contribution in [2.45, 2.75) is 11.3 Å². The summed E-state index contributed by atoms with van der Waals surface area (Å²) in [6, 6.07) is 0. The Hall–Kier alpha value is -0.660. The lowest BCUT2D eigenvalue weighted by atomic mass is 10.3. The minimum Gasteiger partial charge on any atom is -0.339 e. The Labute approximate surface area is 109 Å². The molecule has 2 heterocycles. The highest BCUT2D eigenvalue weighted by atomic mass is 32.2. The molecular formula is C10H16N4OS2. The highest BCUT2D eigenvalue weighted by molar-refractivity contribution is 8.01. The fraction of sp³-hybridized carbons (Fsp3) is 0.700. The van der Waals surface area contributed by atoms with E-state index in [0.29, 0.717) is 5.75 Å². The van der Waals surface area contributed by atoms with E-state index in [9.17, 15) is 4.79 Å². The zero-order chi connectivity index (χ0) is 12.3. The van der Waals surface area contributed by atoms with Crippen LogP contribution in [0.5, 0.6) is 0 Å². The summed E-state index contributed by atoms with van der Waals surface area (Å²) >= 11 is 3.02. The monoisotopic (exact) mass is 272 g/mol. The quantitative estimate of drug-likeness (QED) is 0.759. The fourth-order valence-corrected chi connectivity index (χ4v) is 3.33. The van der Waals surface area contributed by atoms with E-state index in [1.807, 2.05) is 11.8 Å². The molecule has 1 aliphatic heterocycles. The molecule has 1 fully saturated rings. The van der Waals surface area contributed by atoms with Crippen molar-refractivity contribution in [3.8, 4) is 0 Å². The van der Waals surface area contributed by atoms with Crippen LogP contribution in [0.4, 0.5) is 0 Å². The van der Waals surface area contributed by atoms with E-state index >= 15 is 0 Å². The van der Waals surface area contributed by atoms with Gasteiger partial charge < -0.3 is 9.80 Å². The zero-order valence-electron chi connectivity index (χ0n) is 10.0. The molecule has 0 N–H and O–H groups in total. The average molecular weight is 272 g/mol. The number of carbonyl (C=O) groups is 1. The van der Waals surface area contributed by atoms with Crippen LogP contribution in [0.3, 0.4) is 0 Å². The number of carbonyl (C=O) groups excluding carboxylic acids is 1. The van der Waals surface area contributed by atoms with Gasteiger partial charge in [-0.1, -0.05) is 23.1 Å². The topological polar surface area (TPSA) is 49.3 Å². The van der Waals surface area contributed by atoms with Crippen molar-refractivity contribution in [2.24, 2.45) is 0 Å². The first-order valence-electron chi connectivity index (χ1n) is 5.54. The lowest BCUT2D eigenvalue weighted by Crippen LogP contribution is -2.47. The van der Waals surface area contributed by atoms with Gasteiger partial charge in [-0.2, -0.15) is 0 Å². The molecule has 1 saturated heterocycles. The lowest BCUT2D eigenvalue weighted by molar-refractivity contribution is -0.129. The van der Waals surface area contributed by atoms with Crippen LogP contribution in [-0.4, -0.2) is 64.9 Å². The van der Waals surface area contributed by atoms with E-state index in [1.165, 1.54) is 23.1 Å². The second kappa shape index (κ2) is 5.79. The SMILES string of the molecule is Cc1nnc(SCC(=O)N2CCN(C)CC2)s1. The fourth-order valence-electron chi connectivity index (χ4n) is 1.61. The largest absolute Gasteiger partial charge is 0.339 e. The first kappa shape index (κ1) is 12.8. The Morgan fingerprint density at radius 3 is 2.65 bits per heavy atom. The minimum atomic E-state index is 0.205. The molecule has 94 valence electrons. The van der Waals surface area contributed by atoms with Crippen LogP contribution in [0.25, 0.3) is 0 Å². The molecule has 0 unspecified atom stereocenters. The predicted octanol–water partition coefficient (Wildman–Crippen LogP) is 0.713. The van der Waals surface area contributed by atoms with Crippen molar-refractivity contribution in [3.63, 3.8) is 0 Å². The van der Waals surface area contributed by atoms with Gasteiger partial charge in [-0.25, -0.2) is 0 Å². The summed E-state index contributed by atoms with van der Waals surface area (Å²) in [5.41, 5.74) is 0. The van der Waals surface area contributed by atoms with Gasteiger partial charge in [-0.05, 0) is 14.0 Å². The molecule has 0 atom stereocenters. The molecule has 7 heteroatoms. The van der Waals surface area contributed by atoms with Crippen molar-refractivity contribution in [3.05, 3.63) is 5.01 Å². The molecule has 0 saturated carbocycles. The standard InChI is InChI=1S/C10H16N4OS2/c1-8-11-12-10(17-8)16-7-9(15)14-5-3-13(2)4-6-14/h3-7H2,1-2H3. The highest BCUT2D eigenvalue weighted by Crippen LogP contribution is 2.22. The van der Waals surface area contributed by atoms with Gasteiger partial charge >= 0.3 is 0 Å². The number of likely N-dealkylation sites (N-methyl/N-ethyl adjacent to an activating group) is 1. The third kappa shape index (κ3) is 3.65. The van der Waals surface area contributed by atoms with Crippen LogP contribution in [0.2, 0.25) is 0 Å². The Morgan fingerprint density at radius 1 is 1.35 bits per heavy atom. The van der Waals surface area contributed by atoms with Crippen LogP contribution >= 0.6 is 23.1 Å². The van der Waals surface area contributed by atoms with Crippen LogP contribution in [-0.2, 0) is 4.79 Å². The van der Waals surface area contributed by atoms with Gasteiger partial charge in [0.05, 0.1) is 5.75 Å². The number of hydrogen-bond donors (Lipinski definition) is 0. The van der Waals surface area contributed by atoms with Crippen molar-refractivity contribution < 1.29 is 4.79 Å². The predicted molar refractivity (Wildman–Crippen MR) is 69.4 cm³/mol. The van der Waals surface area contributed by atoms with Gasteiger partial charge in [0.15, 0.2) is 4.34 Å². The molecule has 1 aliphatic rings. The molecule has 0 aromatic carbocycles. The van der Waals surface area contributed by atoms with E-state index < -0.39 is 0 Å². The van der Waals surface area contributed by atoms with Crippen molar-refractivity contribution in [2.75, 3.05) is 39.0 Å². The molecule has 2 rings (SSSR count). The summed E-state index contributed by atoms with van der Waals surface area (Å²) in [5, 5.41) is 8.87. The van der Waals surface area contributed by atoms with Crippen LogP contribution in [0.1, 0.15) is 5.01 Å².